The number of carbonyl (C=O) groups excluding carboxylic acids is 2. The zero-order valence-corrected chi connectivity index (χ0v) is 58.8. The molecular formula is C81H153NO5. The molecule has 0 aliphatic carbocycles. The van der Waals surface area contributed by atoms with Crippen LogP contribution in [0.2, 0.25) is 0 Å². The third-order valence-corrected chi connectivity index (χ3v) is 18.3. The lowest BCUT2D eigenvalue weighted by atomic mass is 10.0. The zero-order chi connectivity index (χ0) is 62.8. The van der Waals surface area contributed by atoms with Crippen LogP contribution in [-0.4, -0.2) is 47.4 Å². The SMILES string of the molecule is CCCCC/C=C\C/C=C\CCCCCCCC(=O)OCCCCCCCCCCCCCCCCCC/C=C\CCCCCCCCCCCCCCCCCCCC(=O)NC(CO)C(O)/C=C/CCCCCCCCCCCCCCCCCC. The molecule has 87 heavy (non-hydrogen) atoms. The van der Waals surface area contributed by atoms with Crippen molar-refractivity contribution in [2.45, 2.75) is 443 Å². The molecule has 0 aromatic rings. The summed E-state index contributed by atoms with van der Waals surface area (Å²) in [7, 11) is 0. The van der Waals surface area contributed by atoms with Crippen LogP contribution in [0, 0.1) is 0 Å². The van der Waals surface area contributed by atoms with Crippen molar-refractivity contribution in [2.75, 3.05) is 13.2 Å². The lowest BCUT2D eigenvalue weighted by Gasteiger charge is -2.20. The van der Waals surface area contributed by atoms with Crippen LogP contribution < -0.4 is 5.32 Å². The van der Waals surface area contributed by atoms with Crippen molar-refractivity contribution in [1.82, 2.24) is 5.32 Å². The molecule has 6 heteroatoms. The highest BCUT2D eigenvalue weighted by Gasteiger charge is 2.18. The Morgan fingerprint density at radius 2 is 0.575 bits per heavy atom. The molecule has 0 aromatic carbocycles. The van der Waals surface area contributed by atoms with Gasteiger partial charge in [-0.05, 0) is 89.9 Å². The largest absolute Gasteiger partial charge is 0.466 e. The number of ether oxygens (including phenoxy) is 1. The summed E-state index contributed by atoms with van der Waals surface area (Å²) in [5.41, 5.74) is 0. The van der Waals surface area contributed by atoms with E-state index in [9.17, 15) is 19.8 Å². The molecule has 0 saturated carbocycles. The molecule has 0 radical (unpaired) electrons. The highest BCUT2D eigenvalue weighted by molar-refractivity contribution is 5.76. The van der Waals surface area contributed by atoms with Gasteiger partial charge in [-0.3, -0.25) is 9.59 Å². The number of nitrogens with one attached hydrogen (secondary N) is 1. The Morgan fingerprint density at radius 3 is 0.908 bits per heavy atom. The Morgan fingerprint density at radius 1 is 0.322 bits per heavy atom. The number of aliphatic hydroxyl groups is 2. The van der Waals surface area contributed by atoms with Crippen LogP contribution in [0.25, 0.3) is 0 Å². The average Bonchev–Trinajstić information content (AvgIpc) is 3.52. The summed E-state index contributed by atoms with van der Waals surface area (Å²) in [4.78, 5) is 24.6. The van der Waals surface area contributed by atoms with Gasteiger partial charge in [-0.15, -0.1) is 0 Å². The van der Waals surface area contributed by atoms with Gasteiger partial charge < -0.3 is 20.3 Å². The van der Waals surface area contributed by atoms with E-state index in [0.29, 0.717) is 19.4 Å². The number of rotatable bonds is 74. The van der Waals surface area contributed by atoms with E-state index in [0.717, 1.165) is 51.4 Å². The van der Waals surface area contributed by atoms with Crippen LogP contribution in [-0.2, 0) is 14.3 Å². The summed E-state index contributed by atoms with van der Waals surface area (Å²) in [6.07, 6.45) is 101. The minimum Gasteiger partial charge on any atom is -0.466 e. The minimum absolute atomic E-state index is 0.00750. The second kappa shape index (κ2) is 76.3. The molecule has 3 N–H and O–H groups in total. The van der Waals surface area contributed by atoms with Crippen molar-refractivity contribution >= 4 is 11.9 Å². The highest BCUT2D eigenvalue weighted by atomic mass is 16.5. The van der Waals surface area contributed by atoms with Crippen LogP contribution in [0.15, 0.2) is 48.6 Å². The van der Waals surface area contributed by atoms with E-state index in [1.54, 1.807) is 6.08 Å². The number of allylic oxidation sites excluding steroid dienone is 7. The number of amides is 1. The molecule has 0 spiro atoms. The van der Waals surface area contributed by atoms with E-state index < -0.39 is 12.1 Å². The number of aliphatic hydroxyl groups excluding tert-OH is 2. The number of esters is 1. The van der Waals surface area contributed by atoms with Gasteiger partial charge in [0.15, 0.2) is 0 Å². The monoisotopic (exact) mass is 1220 g/mol. The van der Waals surface area contributed by atoms with E-state index in [4.69, 9.17) is 4.74 Å². The first-order valence-electron chi connectivity index (χ1n) is 39.4. The molecule has 2 atom stereocenters. The number of hydrogen-bond acceptors (Lipinski definition) is 5. The van der Waals surface area contributed by atoms with E-state index in [2.05, 4.69) is 55.6 Å². The second-order valence-corrected chi connectivity index (χ2v) is 27.0. The van der Waals surface area contributed by atoms with Gasteiger partial charge in [0.2, 0.25) is 5.91 Å². The maximum atomic E-state index is 12.5. The lowest BCUT2D eigenvalue weighted by Crippen LogP contribution is -2.45. The fourth-order valence-corrected chi connectivity index (χ4v) is 12.3. The molecule has 2 unspecified atom stereocenters. The Balaban J connectivity index is 3.35. The fourth-order valence-electron chi connectivity index (χ4n) is 12.3. The molecule has 0 aliphatic rings. The third kappa shape index (κ3) is 72.8. The summed E-state index contributed by atoms with van der Waals surface area (Å²) >= 11 is 0. The average molecular weight is 1220 g/mol. The zero-order valence-electron chi connectivity index (χ0n) is 58.8. The topological polar surface area (TPSA) is 95.9 Å². The Kier molecular flexibility index (Phi) is 74.4. The maximum Gasteiger partial charge on any atom is 0.305 e. The van der Waals surface area contributed by atoms with Gasteiger partial charge in [0.1, 0.15) is 0 Å². The summed E-state index contributed by atoms with van der Waals surface area (Å²) in [6, 6.07) is -0.626. The molecular weight excluding hydrogens is 1070 g/mol. The van der Waals surface area contributed by atoms with Crippen molar-refractivity contribution in [3.63, 3.8) is 0 Å². The van der Waals surface area contributed by atoms with Crippen LogP contribution in [0.1, 0.15) is 431 Å². The fraction of sp³-hybridized carbons (Fsp3) is 0.877. The predicted octanol–water partition coefficient (Wildman–Crippen LogP) is 26.0. The number of unbranched alkanes of at least 4 members (excludes halogenated alkanes) is 57. The standard InChI is InChI=1S/C81H153NO5/c1-3-5-7-9-11-13-15-17-19-20-42-46-49-53-57-61-65-69-73-79(84)78(77-83)82-80(85)74-70-66-62-58-54-50-47-43-40-38-36-34-32-30-28-26-24-22-21-23-25-27-29-31-33-35-37-39-41-44-48-52-56-60-64-68-72-76-87-81(86)75-71-67-63-59-55-51-45-18-16-14-12-10-8-6-4-2/h12,14,18,21,23,45,69,73,78-79,83-84H,3-11,13,15-17,19-20,22,24-44,46-68,70-72,74-77H2,1-2H3,(H,82,85)/b14-12-,23-21-,45-18-,73-69+. The van der Waals surface area contributed by atoms with Gasteiger partial charge in [0, 0.05) is 12.8 Å². The van der Waals surface area contributed by atoms with Crippen molar-refractivity contribution in [3.05, 3.63) is 48.6 Å². The van der Waals surface area contributed by atoms with Crippen LogP contribution in [0.4, 0.5) is 0 Å². The first-order chi connectivity index (χ1) is 43.0. The van der Waals surface area contributed by atoms with Gasteiger partial charge in [-0.1, -0.05) is 377 Å². The first kappa shape index (κ1) is 84.8. The molecule has 512 valence electrons. The summed E-state index contributed by atoms with van der Waals surface area (Å²) in [6.45, 7) is 4.91. The van der Waals surface area contributed by atoms with Crippen molar-refractivity contribution in [2.24, 2.45) is 0 Å². The van der Waals surface area contributed by atoms with E-state index in [1.807, 2.05) is 6.08 Å². The molecule has 1 amide bonds. The van der Waals surface area contributed by atoms with Crippen LogP contribution >= 0.6 is 0 Å². The van der Waals surface area contributed by atoms with Crippen molar-refractivity contribution in [1.29, 1.82) is 0 Å². The molecule has 0 fully saturated rings. The number of carbonyl (C=O) groups is 2. The Bertz CT molecular complexity index is 1450. The van der Waals surface area contributed by atoms with Crippen molar-refractivity contribution in [3.8, 4) is 0 Å². The molecule has 0 saturated heterocycles. The molecule has 0 bridgehead atoms. The Hall–Kier alpha value is -2.18. The van der Waals surface area contributed by atoms with Gasteiger partial charge in [0.05, 0.1) is 25.4 Å². The smallest absolute Gasteiger partial charge is 0.305 e. The van der Waals surface area contributed by atoms with Crippen molar-refractivity contribution < 1.29 is 24.5 Å². The Labute approximate surface area is 544 Å². The van der Waals surface area contributed by atoms with Gasteiger partial charge in [0.25, 0.3) is 0 Å². The van der Waals surface area contributed by atoms with E-state index in [1.165, 1.54) is 353 Å². The highest BCUT2D eigenvalue weighted by Crippen LogP contribution is 2.19. The predicted molar refractivity (Wildman–Crippen MR) is 384 cm³/mol. The van der Waals surface area contributed by atoms with Gasteiger partial charge in [-0.25, -0.2) is 0 Å². The van der Waals surface area contributed by atoms with E-state index in [-0.39, 0.29) is 18.5 Å². The van der Waals surface area contributed by atoms with E-state index >= 15 is 0 Å². The summed E-state index contributed by atoms with van der Waals surface area (Å²) < 4.78 is 5.49. The molecule has 0 heterocycles. The number of hydrogen-bond donors (Lipinski definition) is 3. The lowest BCUT2D eigenvalue weighted by molar-refractivity contribution is -0.143. The quantitative estimate of drug-likeness (QED) is 0.0320. The minimum atomic E-state index is -0.843. The molecule has 0 aliphatic heterocycles. The molecule has 6 nitrogen and oxygen atoms in total. The van der Waals surface area contributed by atoms with Gasteiger partial charge >= 0.3 is 5.97 Å². The maximum absolute atomic E-state index is 12.5. The first-order valence-corrected chi connectivity index (χ1v) is 39.4. The summed E-state index contributed by atoms with van der Waals surface area (Å²) in [5.74, 6) is -0.0531. The normalized spacial score (nSPS) is 12.7. The van der Waals surface area contributed by atoms with Gasteiger partial charge in [-0.2, -0.15) is 0 Å². The van der Waals surface area contributed by atoms with Crippen LogP contribution in [0.3, 0.4) is 0 Å². The van der Waals surface area contributed by atoms with Crippen LogP contribution in [0.5, 0.6) is 0 Å². The summed E-state index contributed by atoms with van der Waals surface area (Å²) in [5, 5.41) is 23.2. The second-order valence-electron chi connectivity index (χ2n) is 27.0. The molecule has 0 rings (SSSR count). The third-order valence-electron chi connectivity index (χ3n) is 18.3. The molecule has 0 aromatic heterocycles.